The SMILES string of the molecule is C#CCOc1cc(CO)ccc1OCCBr. The molecule has 0 spiro atoms. The molecule has 0 aliphatic rings. The molecule has 0 atom stereocenters. The summed E-state index contributed by atoms with van der Waals surface area (Å²) in [6, 6.07) is 5.27. The maximum atomic E-state index is 9.01. The Kier molecular flexibility index (Phi) is 5.76. The van der Waals surface area contributed by atoms with Gasteiger partial charge in [0.1, 0.15) is 6.61 Å². The normalized spacial score (nSPS) is 9.56. The van der Waals surface area contributed by atoms with E-state index in [9.17, 15) is 0 Å². The average Bonchev–Trinajstić information content (AvgIpc) is 2.34. The van der Waals surface area contributed by atoms with Crippen LogP contribution in [0.2, 0.25) is 0 Å². The first-order valence-electron chi connectivity index (χ1n) is 4.80. The summed E-state index contributed by atoms with van der Waals surface area (Å²) in [5.74, 6) is 3.58. The van der Waals surface area contributed by atoms with E-state index in [1.165, 1.54) is 0 Å². The third-order valence-electron chi connectivity index (χ3n) is 1.84. The molecule has 0 aliphatic carbocycles. The van der Waals surface area contributed by atoms with Gasteiger partial charge in [-0.2, -0.15) is 0 Å². The third-order valence-corrected chi connectivity index (χ3v) is 2.16. The molecule has 1 N–H and O–H groups in total. The molecule has 1 rings (SSSR count). The number of alkyl halides is 1. The first-order valence-corrected chi connectivity index (χ1v) is 5.92. The van der Waals surface area contributed by atoms with Crippen molar-refractivity contribution in [2.24, 2.45) is 0 Å². The summed E-state index contributed by atoms with van der Waals surface area (Å²) >= 11 is 3.27. The summed E-state index contributed by atoms with van der Waals surface area (Å²) in [4.78, 5) is 0. The highest BCUT2D eigenvalue weighted by molar-refractivity contribution is 9.09. The summed E-state index contributed by atoms with van der Waals surface area (Å²) in [7, 11) is 0. The van der Waals surface area contributed by atoms with E-state index in [1.54, 1.807) is 18.2 Å². The molecule has 1 aromatic rings. The van der Waals surface area contributed by atoms with Gasteiger partial charge in [-0.25, -0.2) is 0 Å². The van der Waals surface area contributed by atoms with Gasteiger partial charge in [0, 0.05) is 5.33 Å². The first kappa shape index (κ1) is 12.9. The van der Waals surface area contributed by atoms with Gasteiger partial charge in [0.05, 0.1) is 13.2 Å². The van der Waals surface area contributed by atoms with Crippen molar-refractivity contribution in [1.82, 2.24) is 0 Å². The molecule has 0 fully saturated rings. The highest BCUT2D eigenvalue weighted by Crippen LogP contribution is 2.28. The highest BCUT2D eigenvalue weighted by atomic mass is 79.9. The third kappa shape index (κ3) is 3.76. The number of terminal acetylenes is 1. The minimum absolute atomic E-state index is 0.0366. The van der Waals surface area contributed by atoms with E-state index >= 15 is 0 Å². The largest absolute Gasteiger partial charge is 0.489 e. The summed E-state index contributed by atoms with van der Waals surface area (Å²) in [5, 5.41) is 9.75. The quantitative estimate of drug-likeness (QED) is 0.641. The molecule has 0 radical (unpaired) electrons. The van der Waals surface area contributed by atoms with Crippen LogP contribution in [0.5, 0.6) is 11.5 Å². The van der Waals surface area contributed by atoms with Crippen LogP contribution in [0.3, 0.4) is 0 Å². The van der Waals surface area contributed by atoms with Gasteiger partial charge >= 0.3 is 0 Å². The van der Waals surface area contributed by atoms with E-state index in [4.69, 9.17) is 21.0 Å². The van der Waals surface area contributed by atoms with Crippen molar-refractivity contribution in [2.75, 3.05) is 18.5 Å². The maximum Gasteiger partial charge on any atom is 0.163 e. The molecule has 1 aromatic carbocycles. The Balaban J connectivity index is 2.83. The number of hydrogen-bond donors (Lipinski definition) is 1. The monoisotopic (exact) mass is 284 g/mol. The smallest absolute Gasteiger partial charge is 0.163 e. The summed E-state index contributed by atoms with van der Waals surface area (Å²) < 4.78 is 10.8. The van der Waals surface area contributed by atoms with Crippen LogP contribution in [0.1, 0.15) is 5.56 Å². The molecule has 0 amide bonds. The van der Waals surface area contributed by atoms with E-state index < -0.39 is 0 Å². The summed E-state index contributed by atoms with van der Waals surface area (Å²) in [5.41, 5.74) is 0.762. The molecule has 86 valence electrons. The van der Waals surface area contributed by atoms with Crippen LogP contribution in [0.15, 0.2) is 18.2 Å². The zero-order chi connectivity index (χ0) is 11.8. The predicted octanol–water partition coefficient (Wildman–Crippen LogP) is 1.96. The molecule has 0 saturated carbocycles. The Hall–Kier alpha value is -1.18. The van der Waals surface area contributed by atoms with E-state index in [1.807, 2.05) is 0 Å². The van der Waals surface area contributed by atoms with Crippen LogP contribution >= 0.6 is 15.9 Å². The van der Waals surface area contributed by atoms with Crippen LogP contribution in [0, 0.1) is 12.3 Å². The summed E-state index contributed by atoms with van der Waals surface area (Å²) in [6.07, 6.45) is 5.12. The topological polar surface area (TPSA) is 38.7 Å². The van der Waals surface area contributed by atoms with Crippen molar-refractivity contribution in [3.63, 3.8) is 0 Å². The van der Waals surface area contributed by atoms with Gasteiger partial charge in [-0.15, -0.1) is 6.42 Å². The van der Waals surface area contributed by atoms with Gasteiger partial charge in [0.2, 0.25) is 0 Å². The molecular weight excluding hydrogens is 272 g/mol. The Morgan fingerprint density at radius 3 is 2.75 bits per heavy atom. The van der Waals surface area contributed by atoms with Crippen LogP contribution in [0.4, 0.5) is 0 Å². The standard InChI is InChI=1S/C12H13BrO3/c1-2-6-15-12-8-10(9-14)3-4-11(12)16-7-5-13/h1,3-4,8,14H,5-7,9H2. The van der Waals surface area contributed by atoms with Gasteiger partial charge in [-0.3, -0.25) is 0 Å². The minimum Gasteiger partial charge on any atom is -0.489 e. The van der Waals surface area contributed by atoms with Gasteiger partial charge in [-0.05, 0) is 17.7 Å². The Bertz CT molecular complexity index is 371. The number of benzene rings is 1. The second-order valence-electron chi connectivity index (χ2n) is 2.97. The lowest BCUT2D eigenvalue weighted by molar-refractivity contribution is 0.277. The maximum absolute atomic E-state index is 9.01. The molecule has 0 aromatic heterocycles. The molecule has 0 aliphatic heterocycles. The fourth-order valence-corrected chi connectivity index (χ4v) is 1.31. The second-order valence-corrected chi connectivity index (χ2v) is 3.76. The number of halogens is 1. The number of ether oxygens (including phenoxy) is 2. The van der Waals surface area contributed by atoms with Gasteiger partial charge in [-0.1, -0.05) is 27.9 Å². The lowest BCUT2D eigenvalue weighted by atomic mass is 10.2. The van der Waals surface area contributed by atoms with E-state index in [0.717, 1.165) is 10.9 Å². The van der Waals surface area contributed by atoms with Crippen LogP contribution in [-0.4, -0.2) is 23.7 Å². The Labute approximate surface area is 104 Å². The number of rotatable bonds is 6. The minimum atomic E-state index is -0.0366. The van der Waals surface area contributed by atoms with Crippen LogP contribution < -0.4 is 9.47 Å². The summed E-state index contributed by atoms with van der Waals surface area (Å²) in [6.45, 7) is 0.690. The zero-order valence-corrected chi connectivity index (χ0v) is 10.4. The molecule has 3 nitrogen and oxygen atoms in total. The lowest BCUT2D eigenvalue weighted by Gasteiger charge is -2.11. The van der Waals surface area contributed by atoms with Crippen molar-refractivity contribution >= 4 is 15.9 Å². The fourth-order valence-electron chi connectivity index (χ4n) is 1.15. The molecule has 16 heavy (non-hydrogen) atoms. The van der Waals surface area contributed by atoms with Crippen molar-refractivity contribution in [1.29, 1.82) is 0 Å². The van der Waals surface area contributed by atoms with Gasteiger partial charge in [0.25, 0.3) is 0 Å². The van der Waals surface area contributed by atoms with Crippen LogP contribution in [0.25, 0.3) is 0 Å². The number of aliphatic hydroxyl groups excluding tert-OH is 1. The average molecular weight is 285 g/mol. The molecular formula is C12H13BrO3. The molecule has 4 heteroatoms. The van der Waals surface area contributed by atoms with Gasteiger partial charge in [0.15, 0.2) is 11.5 Å². The van der Waals surface area contributed by atoms with Crippen LogP contribution in [-0.2, 0) is 6.61 Å². The highest BCUT2D eigenvalue weighted by Gasteiger charge is 2.05. The predicted molar refractivity (Wildman–Crippen MR) is 66.0 cm³/mol. The van der Waals surface area contributed by atoms with Gasteiger partial charge < -0.3 is 14.6 Å². The molecule has 0 bridgehead atoms. The number of hydrogen-bond acceptors (Lipinski definition) is 3. The molecule has 0 unspecified atom stereocenters. The first-order chi connectivity index (χ1) is 7.81. The van der Waals surface area contributed by atoms with E-state index in [0.29, 0.717) is 18.1 Å². The molecule has 0 saturated heterocycles. The van der Waals surface area contributed by atoms with Crippen molar-refractivity contribution in [2.45, 2.75) is 6.61 Å². The second kappa shape index (κ2) is 7.15. The van der Waals surface area contributed by atoms with E-state index in [-0.39, 0.29) is 13.2 Å². The fraction of sp³-hybridized carbons (Fsp3) is 0.333. The Morgan fingerprint density at radius 2 is 2.12 bits per heavy atom. The molecule has 0 heterocycles. The lowest BCUT2D eigenvalue weighted by Crippen LogP contribution is -2.02. The van der Waals surface area contributed by atoms with Crippen molar-refractivity contribution in [3.8, 4) is 23.8 Å². The van der Waals surface area contributed by atoms with Crippen molar-refractivity contribution in [3.05, 3.63) is 23.8 Å². The van der Waals surface area contributed by atoms with Crippen molar-refractivity contribution < 1.29 is 14.6 Å². The Morgan fingerprint density at radius 1 is 1.31 bits per heavy atom. The van der Waals surface area contributed by atoms with E-state index in [2.05, 4.69) is 21.9 Å². The number of aliphatic hydroxyl groups is 1. The zero-order valence-electron chi connectivity index (χ0n) is 8.78.